The predicted molar refractivity (Wildman–Crippen MR) is 137 cm³/mol. The van der Waals surface area contributed by atoms with E-state index in [9.17, 15) is 29.8 Å². The maximum Gasteiger partial charge on any atom is 0.318 e. The van der Waals surface area contributed by atoms with Crippen LogP contribution in [-0.4, -0.2) is 21.4 Å². The number of hydrogen-bond donors (Lipinski definition) is 0. The lowest BCUT2D eigenvalue weighted by molar-refractivity contribution is -0.394. The van der Waals surface area contributed by atoms with Gasteiger partial charge in [-0.1, -0.05) is 0 Å². The fourth-order valence-electron chi connectivity index (χ4n) is 4.95. The van der Waals surface area contributed by atoms with Gasteiger partial charge in [-0.25, -0.2) is 0 Å². The lowest BCUT2D eigenvalue weighted by atomic mass is 9.73. The number of hydrogen-bond acceptors (Lipinski definition) is 8. The van der Waals surface area contributed by atoms with Crippen molar-refractivity contribution in [3.63, 3.8) is 0 Å². The maximum absolute atomic E-state index is 13.0. The second-order valence-corrected chi connectivity index (χ2v) is 10.6. The average molecular weight is 634 g/mol. The van der Waals surface area contributed by atoms with Crippen molar-refractivity contribution in [3.8, 4) is 11.5 Å². The molecule has 1 heterocycles. The fourth-order valence-corrected chi connectivity index (χ4v) is 6.34. The summed E-state index contributed by atoms with van der Waals surface area (Å²) >= 11 is 6.92. The number of allylic oxidation sites excluding steroid dienone is 4. The van der Waals surface area contributed by atoms with Crippen LogP contribution < -0.4 is 4.74 Å². The summed E-state index contributed by atoms with van der Waals surface area (Å²) in [5.74, 6) is 0.551. The Labute approximate surface area is 226 Å². The van der Waals surface area contributed by atoms with Crippen molar-refractivity contribution in [2.24, 2.45) is 0 Å². The third-order valence-electron chi connectivity index (χ3n) is 6.56. The monoisotopic (exact) mass is 632 g/mol. The van der Waals surface area contributed by atoms with E-state index in [0.29, 0.717) is 75.7 Å². The summed E-state index contributed by atoms with van der Waals surface area (Å²) in [6.45, 7) is 0. The predicted octanol–water partition coefficient (Wildman–Crippen LogP) is 6.95. The number of benzene rings is 2. The third-order valence-corrected chi connectivity index (χ3v) is 7.73. The van der Waals surface area contributed by atoms with Gasteiger partial charge in [0.25, 0.3) is 5.69 Å². The molecule has 2 aliphatic carbocycles. The highest BCUT2D eigenvalue weighted by atomic mass is 79.9. The van der Waals surface area contributed by atoms with Crippen LogP contribution in [0, 0.1) is 20.2 Å². The molecule has 37 heavy (non-hydrogen) atoms. The van der Waals surface area contributed by atoms with Crippen LogP contribution in [0.1, 0.15) is 50.0 Å². The Morgan fingerprint density at radius 3 is 1.92 bits per heavy atom. The van der Waals surface area contributed by atoms with Crippen molar-refractivity contribution in [1.82, 2.24) is 0 Å². The number of nitro groups is 2. The molecule has 190 valence electrons. The van der Waals surface area contributed by atoms with E-state index in [4.69, 9.17) is 9.47 Å². The minimum atomic E-state index is -0.758. The van der Waals surface area contributed by atoms with E-state index in [1.165, 1.54) is 0 Å². The molecule has 10 nitrogen and oxygen atoms in total. The van der Waals surface area contributed by atoms with Gasteiger partial charge in [0.2, 0.25) is 5.75 Å². The number of ether oxygens (including phenoxy) is 2. The molecule has 0 amide bonds. The van der Waals surface area contributed by atoms with Gasteiger partial charge in [0.1, 0.15) is 11.5 Å². The summed E-state index contributed by atoms with van der Waals surface area (Å²) in [7, 11) is 0. The molecule has 0 N–H and O–H groups in total. The normalized spacial score (nSPS) is 17.8. The Morgan fingerprint density at radius 2 is 1.41 bits per heavy atom. The topological polar surface area (TPSA) is 139 Å². The zero-order valence-corrected chi connectivity index (χ0v) is 22.3. The average Bonchev–Trinajstić information content (AvgIpc) is 2.85. The van der Waals surface area contributed by atoms with Crippen LogP contribution in [0.3, 0.4) is 0 Å². The van der Waals surface area contributed by atoms with Crippen molar-refractivity contribution < 1.29 is 28.9 Å². The number of ketones is 2. The minimum absolute atomic E-state index is 0.0507. The standard InChI is InChI=1S/C25H18Br2N2O8/c26-14-9-12(10-15(27)25(14)37-19-8-7-13(28(32)33)11-16(19)29(34)35)22-23-17(30)3-1-5-20(23)36-21-6-2-4-18(31)24(21)22/h7-11,22H,1-6H2. The van der Waals surface area contributed by atoms with Gasteiger partial charge in [-0.3, -0.25) is 29.8 Å². The van der Waals surface area contributed by atoms with Crippen LogP contribution in [0.15, 0.2) is 61.9 Å². The van der Waals surface area contributed by atoms with E-state index in [1.54, 1.807) is 12.1 Å². The number of non-ortho nitro benzene ring substituents is 1. The minimum Gasteiger partial charge on any atom is -0.465 e. The Balaban J connectivity index is 1.59. The molecule has 0 radical (unpaired) electrons. The van der Waals surface area contributed by atoms with Gasteiger partial charge in [-0.15, -0.1) is 0 Å². The summed E-state index contributed by atoms with van der Waals surface area (Å²) in [4.78, 5) is 47.1. The van der Waals surface area contributed by atoms with Gasteiger partial charge in [0.15, 0.2) is 17.3 Å². The van der Waals surface area contributed by atoms with Crippen LogP contribution in [0.2, 0.25) is 0 Å². The van der Waals surface area contributed by atoms with E-state index < -0.39 is 27.1 Å². The Bertz CT molecular complexity index is 1400. The van der Waals surface area contributed by atoms with Gasteiger partial charge in [-0.05, 0) is 68.5 Å². The molecule has 0 spiro atoms. The number of rotatable bonds is 5. The van der Waals surface area contributed by atoms with Crippen molar-refractivity contribution in [2.45, 2.75) is 44.4 Å². The van der Waals surface area contributed by atoms with Gasteiger partial charge < -0.3 is 9.47 Å². The number of halogens is 2. The number of nitrogens with zero attached hydrogens (tertiary/aromatic N) is 2. The van der Waals surface area contributed by atoms with Crippen LogP contribution in [0.5, 0.6) is 11.5 Å². The summed E-state index contributed by atoms with van der Waals surface area (Å²) in [5, 5.41) is 22.6. The first-order valence-corrected chi connectivity index (χ1v) is 13.0. The number of nitro benzene ring substituents is 2. The highest BCUT2D eigenvalue weighted by Crippen LogP contribution is 2.50. The molecular formula is C25H18Br2N2O8. The Hall–Kier alpha value is -3.38. The highest BCUT2D eigenvalue weighted by Gasteiger charge is 2.42. The zero-order valence-electron chi connectivity index (χ0n) is 19.1. The highest BCUT2D eigenvalue weighted by molar-refractivity contribution is 9.11. The van der Waals surface area contributed by atoms with Crippen LogP contribution in [-0.2, 0) is 14.3 Å². The molecule has 2 aromatic rings. The molecule has 2 aromatic carbocycles. The first-order valence-electron chi connectivity index (χ1n) is 11.5. The molecule has 0 saturated heterocycles. The van der Waals surface area contributed by atoms with Gasteiger partial charge in [0.05, 0.1) is 24.9 Å². The second-order valence-electron chi connectivity index (χ2n) is 8.84. The summed E-state index contributed by atoms with van der Waals surface area (Å²) in [6.07, 6.45) is 3.38. The maximum atomic E-state index is 13.0. The molecule has 5 rings (SSSR count). The van der Waals surface area contributed by atoms with Crippen molar-refractivity contribution in [2.75, 3.05) is 0 Å². The van der Waals surface area contributed by atoms with Crippen LogP contribution >= 0.6 is 31.9 Å². The molecule has 0 atom stereocenters. The van der Waals surface area contributed by atoms with E-state index in [0.717, 1.165) is 18.2 Å². The summed E-state index contributed by atoms with van der Waals surface area (Å²) in [5.41, 5.74) is 0.664. The molecule has 0 fully saturated rings. The lowest BCUT2D eigenvalue weighted by Gasteiger charge is -2.36. The SMILES string of the molecule is O=C1CCCC2=C1C(c1cc(Br)c(Oc3ccc([N+](=O)[O-])cc3[N+](=O)[O-])c(Br)c1)C1=C(CCCC1=O)O2. The fraction of sp³-hybridized carbons (Fsp3) is 0.280. The molecule has 0 bridgehead atoms. The van der Waals surface area contributed by atoms with Gasteiger partial charge >= 0.3 is 5.69 Å². The van der Waals surface area contributed by atoms with E-state index in [2.05, 4.69) is 31.9 Å². The molecule has 12 heteroatoms. The molecule has 1 aliphatic heterocycles. The van der Waals surface area contributed by atoms with E-state index in [-0.39, 0.29) is 23.1 Å². The number of carbonyl (C=O) groups is 2. The first kappa shape index (κ1) is 25.3. The molecule has 0 saturated carbocycles. The number of Topliss-reactive ketones (excluding diaryl/α,β-unsaturated/α-hetero) is 2. The number of carbonyl (C=O) groups excluding carboxylic acids is 2. The smallest absolute Gasteiger partial charge is 0.318 e. The lowest BCUT2D eigenvalue weighted by Crippen LogP contribution is -2.30. The largest absolute Gasteiger partial charge is 0.465 e. The van der Waals surface area contributed by atoms with Crippen LogP contribution in [0.4, 0.5) is 11.4 Å². The van der Waals surface area contributed by atoms with E-state index >= 15 is 0 Å². The Morgan fingerprint density at radius 1 is 0.838 bits per heavy atom. The van der Waals surface area contributed by atoms with Crippen molar-refractivity contribution >= 4 is 54.8 Å². The Kier molecular flexibility index (Phi) is 6.71. The third kappa shape index (κ3) is 4.59. The summed E-state index contributed by atoms with van der Waals surface area (Å²) < 4.78 is 12.7. The first-order chi connectivity index (χ1) is 17.7. The second kappa shape index (κ2) is 9.82. The van der Waals surface area contributed by atoms with Crippen molar-refractivity contribution in [1.29, 1.82) is 0 Å². The quantitative estimate of drug-likeness (QED) is 0.255. The van der Waals surface area contributed by atoms with Gasteiger partial charge in [-0.2, -0.15) is 0 Å². The molecule has 0 unspecified atom stereocenters. The summed E-state index contributed by atoms with van der Waals surface area (Å²) in [6, 6.07) is 6.54. The van der Waals surface area contributed by atoms with Crippen LogP contribution in [0.25, 0.3) is 0 Å². The van der Waals surface area contributed by atoms with Crippen molar-refractivity contribution in [3.05, 3.63) is 87.7 Å². The molecular weight excluding hydrogens is 616 g/mol. The van der Waals surface area contributed by atoms with E-state index in [1.807, 2.05) is 0 Å². The van der Waals surface area contributed by atoms with Gasteiger partial charge in [0, 0.05) is 48.8 Å². The molecule has 0 aromatic heterocycles. The zero-order chi connectivity index (χ0) is 26.4. The molecule has 3 aliphatic rings.